The largest absolute Gasteiger partial charge is 0.500 e. The molecule has 22 heteroatoms. The Morgan fingerprint density at radius 2 is 0.467 bits per heavy atom. The lowest BCUT2D eigenvalue weighted by molar-refractivity contribution is 0.0590. The lowest BCUT2D eigenvalue weighted by Crippen LogP contribution is -2.44. The highest BCUT2D eigenvalue weighted by molar-refractivity contribution is 6.62. The van der Waals surface area contributed by atoms with Crippen LogP contribution in [-0.4, -0.2) is 167 Å². The molecule has 0 aliphatic carbocycles. The second-order valence-corrected chi connectivity index (χ2v) is 36.8. The van der Waals surface area contributed by atoms with Gasteiger partial charge in [0.25, 0.3) is 23.6 Å². The van der Waals surface area contributed by atoms with Crippen LogP contribution in [-0.2, 0) is 78.8 Å². The molecular formula is C68H106N2O16Si4. The molecule has 2 heterocycles. The van der Waals surface area contributed by atoms with Gasteiger partial charge in [-0.15, -0.1) is 0 Å². The molecule has 0 atom stereocenters. The van der Waals surface area contributed by atoms with Gasteiger partial charge in [-0.3, -0.25) is 29.0 Å². The average molecular weight is 1320 g/mol. The minimum Gasteiger partial charge on any atom is -0.377 e. The van der Waals surface area contributed by atoms with Crippen molar-refractivity contribution in [3.63, 3.8) is 0 Å². The summed E-state index contributed by atoms with van der Waals surface area (Å²) in [6.07, 6.45) is 23.2. The number of fused-ring (bicyclic) bond motifs is 2. The Labute approximate surface area is 540 Å². The second kappa shape index (κ2) is 34.5. The summed E-state index contributed by atoms with van der Waals surface area (Å²) < 4.78 is 72.5. The van der Waals surface area contributed by atoms with Gasteiger partial charge >= 0.3 is 35.2 Å². The van der Waals surface area contributed by atoms with E-state index in [1.54, 1.807) is 85.3 Å². The van der Waals surface area contributed by atoms with Gasteiger partial charge in [-0.25, -0.2) is 0 Å². The topological polar surface area (TPSA) is 186 Å². The zero-order chi connectivity index (χ0) is 65.2. The van der Waals surface area contributed by atoms with Crippen molar-refractivity contribution in [2.24, 2.45) is 0 Å². The fourth-order valence-corrected chi connectivity index (χ4v) is 20.9. The SMILES string of the molecule is CCCCCCCCCCCCN1C(=O)c2c(CC[Si](OC)(OC)OC)cc3c4cc(CC[Si](OC)(OC)OC)c5c6c(c(CC[Si](OC)(OC)OC)cc(c7cc(CC[Si](OC)(OC)OC)c(c2c37)C1=O)c64)C(=O)N(CCCCCCCCCCCC)C5=O. The number of amides is 4. The van der Waals surface area contributed by atoms with Crippen molar-refractivity contribution >= 4 is 102 Å². The molecule has 5 aromatic carbocycles. The van der Waals surface area contributed by atoms with Gasteiger partial charge in [0.05, 0.1) is 22.3 Å². The van der Waals surface area contributed by atoms with E-state index in [1.807, 2.05) is 0 Å². The fraction of sp³-hybridized carbons (Fsp3) is 0.647. The number of hydrogen-bond donors (Lipinski definition) is 0. The monoisotopic (exact) mass is 1320 g/mol. The van der Waals surface area contributed by atoms with Crippen molar-refractivity contribution in [2.45, 2.75) is 192 Å². The highest BCUT2D eigenvalue weighted by Gasteiger charge is 2.46. The van der Waals surface area contributed by atoms with Crippen LogP contribution in [0.2, 0.25) is 24.2 Å². The molecule has 2 aliphatic rings. The van der Waals surface area contributed by atoms with Crippen LogP contribution < -0.4 is 0 Å². The Morgan fingerprint density at radius 1 is 0.278 bits per heavy atom. The number of benzene rings is 5. The highest BCUT2D eigenvalue weighted by Crippen LogP contribution is 2.51. The van der Waals surface area contributed by atoms with Gasteiger partial charge in [0.1, 0.15) is 0 Å². The molecule has 0 saturated carbocycles. The summed E-state index contributed by atoms with van der Waals surface area (Å²) in [5.74, 6) is -1.45. The summed E-state index contributed by atoms with van der Waals surface area (Å²) in [5.41, 5.74) is 4.51. The molecule has 0 N–H and O–H groups in total. The van der Waals surface area contributed by atoms with Crippen molar-refractivity contribution in [2.75, 3.05) is 98.4 Å². The molecule has 0 radical (unpaired) electrons. The number of rotatable bonds is 46. The first kappa shape index (κ1) is 73.5. The summed E-state index contributed by atoms with van der Waals surface area (Å²) in [6.45, 7) is 4.97. The Hall–Kier alpha value is -3.93. The minimum absolute atomic E-state index is 0.250. The van der Waals surface area contributed by atoms with Crippen molar-refractivity contribution in [3.8, 4) is 0 Å². The van der Waals surface area contributed by atoms with Gasteiger partial charge < -0.3 is 53.1 Å². The molecule has 500 valence electrons. The molecule has 2 aliphatic heterocycles. The highest BCUT2D eigenvalue weighted by atomic mass is 28.4. The molecule has 0 aromatic heterocycles. The van der Waals surface area contributed by atoms with Crippen LogP contribution in [0.5, 0.6) is 0 Å². The summed E-state index contributed by atoms with van der Waals surface area (Å²) in [7, 11) is 5.77. The van der Waals surface area contributed by atoms with Gasteiger partial charge in [0, 0.05) is 133 Å². The van der Waals surface area contributed by atoms with Crippen molar-refractivity contribution in [3.05, 3.63) is 68.8 Å². The molecule has 0 unspecified atom stereocenters. The van der Waals surface area contributed by atoms with Crippen LogP contribution >= 0.6 is 0 Å². The standard InChI is InChI=1S/C68H106N2O16Si4/c1-15-17-19-21-23-25-27-29-31-33-39-69-65(71)57-49(35-41-87(75-3,76-4)77-5)45-53-55-47-51(37-43-89(81-9,82-10)83-11)59-64-60(68(74)70(67(59)73)40-34-32-30-28-26-24-22-20-18-16-2)52(38-44-90(84-12,85-13)86-14)48-56(62(55)64)54-46-50(36-42-88(78-6,79-7)80-8)58(66(69)72)63(57)61(53)54/h45-48H,15-44H2,1-14H3. The van der Waals surface area contributed by atoms with E-state index in [0.29, 0.717) is 118 Å². The van der Waals surface area contributed by atoms with E-state index in [-0.39, 0.29) is 36.7 Å². The van der Waals surface area contributed by atoms with E-state index in [2.05, 4.69) is 38.1 Å². The number of carbonyl (C=O) groups excluding carboxylic acids is 4. The van der Waals surface area contributed by atoms with Crippen LogP contribution in [0, 0.1) is 0 Å². The zero-order valence-corrected chi connectivity index (χ0v) is 60.9. The molecular weight excluding hydrogens is 1210 g/mol. The molecule has 0 fully saturated rings. The maximum atomic E-state index is 15.9. The van der Waals surface area contributed by atoms with Crippen LogP contribution in [0.1, 0.15) is 206 Å². The van der Waals surface area contributed by atoms with Crippen LogP contribution in [0.25, 0.3) is 43.1 Å². The zero-order valence-electron chi connectivity index (χ0n) is 56.9. The molecule has 7 rings (SSSR count). The van der Waals surface area contributed by atoms with Crippen molar-refractivity contribution < 1.29 is 72.3 Å². The first-order chi connectivity index (χ1) is 43.6. The lowest BCUT2D eigenvalue weighted by atomic mass is 9.77. The predicted octanol–water partition coefficient (Wildman–Crippen LogP) is 14.5. The minimum atomic E-state index is -3.29. The van der Waals surface area contributed by atoms with Crippen LogP contribution in [0.4, 0.5) is 0 Å². The van der Waals surface area contributed by atoms with Gasteiger partial charge in [-0.05, 0) is 117 Å². The summed E-state index contributed by atoms with van der Waals surface area (Å²) in [5, 5.41) is 5.58. The van der Waals surface area contributed by atoms with Crippen molar-refractivity contribution in [1.82, 2.24) is 9.80 Å². The second-order valence-electron chi connectivity index (χ2n) is 24.4. The number of nitrogens with zero attached hydrogens (tertiary/aromatic N) is 2. The summed E-state index contributed by atoms with van der Waals surface area (Å²) in [4.78, 5) is 66.4. The average Bonchev–Trinajstić information content (AvgIpc) is 0.683. The maximum Gasteiger partial charge on any atom is 0.500 e. The van der Waals surface area contributed by atoms with Crippen molar-refractivity contribution in [1.29, 1.82) is 0 Å². The fourth-order valence-electron chi connectivity index (χ4n) is 14.1. The smallest absolute Gasteiger partial charge is 0.377 e. The number of aryl methyl sites for hydroxylation is 4. The van der Waals surface area contributed by atoms with E-state index in [0.717, 1.165) is 70.8 Å². The van der Waals surface area contributed by atoms with Gasteiger partial charge in [0.2, 0.25) is 0 Å². The first-order valence-corrected chi connectivity index (χ1v) is 41.0. The number of imide groups is 2. The van der Waals surface area contributed by atoms with E-state index < -0.39 is 35.2 Å². The van der Waals surface area contributed by atoms with E-state index in [9.17, 15) is 0 Å². The van der Waals surface area contributed by atoms with Gasteiger partial charge in [-0.2, -0.15) is 0 Å². The van der Waals surface area contributed by atoms with E-state index in [1.165, 1.54) is 86.8 Å². The molecule has 4 amide bonds. The maximum absolute atomic E-state index is 15.9. The number of unbranched alkanes of at least 4 members (excludes halogenated alkanes) is 18. The third-order valence-electron chi connectivity index (χ3n) is 19.6. The van der Waals surface area contributed by atoms with Crippen LogP contribution in [0.15, 0.2) is 24.3 Å². The van der Waals surface area contributed by atoms with E-state index in [4.69, 9.17) is 53.1 Å². The number of carbonyl (C=O) groups is 4. The third-order valence-corrected chi connectivity index (χ3v) is 30.5. The summed E-state index contributed by atoms with van der Waals surface area (Å²) in [6, 6.07) is 9.61. The van der Waals surface area contributed by atoms with Gasteiger partial charge in [0.15, 0.2) is 0 Å². The molecule has 90 heavy (non-hydrogen) atoms. The molecule has 0 saturated heterocycles. The lowest BCUT2D eigenvalue weighted by Gasteiger charge is -2.34. The normalized spacial score (nSPS) is 14.2. The Balaban J connectivity index is 1.55. The third kappa shape index (κ3) is 15.7. The van der Waals surface area contributed by atoms with Crippen LogP contribution in [0.3, 0.4) is 0 Å². The predicted molar refractivity (Wildman–Crippen MR) is 363 cm³/mol. The molecule has 18 nitrogen and oxygen atoms in total. The van der Waals surface area contributed by atoms with E-state index >= 15 is 19.2 Å². The Bertz CT molecular complexity index is 2780. The first-order valence-electron chi connectivity index (χ1n) is 33.2. The molecule has 5 aromatic rings. The quantitative estimate of drug-likeness (QED) is 0.0118. The molecule has 0 bridgehead atoms. The van der Waals surface area contributed by atoms with Gasteiger partial charge in [-0.1, -0.05) is 129 Å². The molecule has 0 spiro atoms. The number of hydrogen-bond acceptors (Lipinski definition) is 16. The Morgan fingerprint density at radius 3 is 0.656 bits per heavy atom. The Kier molecular flexibility index (Phi) is 28.1. The summed E-state index contributed by atoms with van der Waals surface area (Å²) >= 11 is 0.